The Morgan fingerprint density at radius 1 is 1.29 bits per heavy atom. The first-order chi connectivity index (χ1) is 7.95. The van der Waals surface area contributed by atoms with Crippen LogP contribution in [-0.2, 0) is 0 Å². The van der Waals surface area contributed by atoms with E-state index < -0.39 is 12.7 Å². The molecule has 0 heterocycles. The predicted molar refractivity (Wildman–Crippen MR) is 73.5 cm³/mol. The molecule has 0 aromatic rings. The van der Waals surface area contributed by atoms with Crippen molar-refractivity contribution in [3.8, 4) is 0 Å². The van der Waals surface area contributed by atoms with Crippen LogP contribution < -0.4 is 22.3 Å². The molecular weight excluding hydrogens is 264 g/mol. The van der Waals surface area contributed by atoms with Crippen LogP contribution in [0, 0.1) is 0 Å². The molecule has 0 unspecified atom stereocenters. The fraction of sp³-hybridized carbons (Fsp3) is 0.429. The van der Waals surface area contributed by atoms with Crippen molar-refractivity contribution >= 4 is 46.6 Å². The molecule has 0 aliphatic rings. The van der Waals surface area contributed by atoms with Crippen molar-refractivity contribution in [3.63, 3.8) is 0 Å². The molecule has 0 radical (unpaired) electrons. The van der Waals surface area contributed by atoms with Crippen molar-refractivity contribution in [2.24, 2.45) is 21.7 Å². The number of hydrogen-bond donors (Lipinski definition) is 6. The summed E-state index contributed by atoms with van der Waals surface area (Å²) in [6.45, 7) is -0.400. The number of rotatable bonds is 6. The zero-order chi connectivity index (χ0) is 13.3. The monoisotopic (exact) mass is 278 g/mol. The molecule has 0 rings (SSSR count). The molecule has 0 saturated carbocycles. The van der Waals surface area contributed by atoms with Gasteiger partial charge in [-0.3, -0.25) is 10.9 Å². The third-order valence-corrected chi connectivity index (χ3v) is 1.54. The van der Waals surface area contributed by atoms with Gasteiger partial charge in [-0.15, -0.1) is 0 Å². The average Bonchev–Trinajstić information content (AvgIpc) is 2.24. The fourth-order valence-corrected chi connectivity index (χ4v) is 0.829. The molecule has 8 nitrogen and oxygen atoms in total. The Hall–Kier alpha value is -1.36. The number of nitrogens with zero attached hydrogens (tertiary/aromatic N) is 2. The maximum absolute atomic E-state index is 9.25. The Labute approximate surface area is 109 Å². The molecule has 96 valence electrons. The van der Waals surface area contributed by atoms with Crippen LogP contribution in [0.2, 0.25) is 0 Å². The van der Waals surface area contributed by atoms with E-state index in [1.54, 1.807) is 0 Å². The second-order valence-corrected chi connectivity index (χ2v) is 3.73. The smallest absolute Gasteiger partial charge is 0.184 e. The summed E-state index contributed by atoms with van der Waals surface area (Å²) in [6, 6.07) is 0. The summed E-state index contributed by atoms with van der Waals surface area (Å²) in [6.07, 6.45) is 0.371. The SMILES string of the molecule is NC(=S)N/N=C/C(C[C@H](O)CO)=N/NC(N)=S. The van der Waals surface area contributed by atoms with E-state index in [4.69, 9.17) is 16.6 Å². The van der Waals surface area contributed by atoms with E-state index in [1.807, 2.05) is 0 Å². The number of thiocarbonyl (C=S) groups is 2. The van der Waals surface area contributed by atoms with Crippen LogP contribution >= 0.6 is 24.4 Å². The van der Waals surface area contributed by atoms with Crippen molar-refractivity contribution in [3.05, 3.63) is 0 Å². The van der Waals surface area contributed by atoms with Gasteiger partial charge in [0.15, 0.2) is 10.2 Å². The first-order valence-electron chi connectivity index (χ1n) is 4.45. The van der Waals surface area contributed by atoms with Crippen molar-refractivity contribution in [2.75, 3.05) is 6.61 Å². The Morgan fingerprint density at radius 3 is 2.35 bits per heavy atom. The van der Waals surface area contributed by atoms with E-state index >= 15 is 0 Å². The van der Waals surface area contributed by atoms with E-state index in [0.717, 1.165) is 0 Å². The lowest BCUT2D eigenvalue weighted by molar-refractivity contribution is 0.101. The number of nitrogens with one attached hydrogen (secondary N) is 2. The van der Waals surface area contributed by atoms with E-state index in [-0.39, 0.29) is 16.6 Å². The molecule has 0 saturated heterocycles. The molecule has 8 N–H and O–H groups in total. The van der Waals surface area contributed by atoms with E-state index in [9.17, 15) is 5.11 Å². The first kappa shape index (κ1) is 15.6. The molecule has 0 aliphatic heterocycles. The van der Waals surface area contributed by atoms with Crippen LogP contribution in [0.3, 0.4) is 0 Å². The highest BCUT2D eigenvalue weighted by atomic mass is 32.1. The molecule has 0 bridgehead atoms. The quantitative estimate of drug-likeness (QED) is 0.182. The predicted octanol–water partition coefficient (Wildman–Crippen LogP) is -2.26. The topological polar surface area (TPSA) is 141 Å². The number of aliphatic hydroxyl groups excluding tert-OH is 2. The van der Waals surface area contributed by atoms with Crippen LogP contribution in [0.15, 0.2) is 10.2 Å². The van der Waals surface area contributed by atoms with E-state index in [2.05, 4.69) is 45.5 Å². The fourth-order valence-electron chi connectivity index (χ4n) is 0.730. The number of aliphatic hydroxyl groups is 2. The molecule has 0 aromatic carbocycles. The Morgan fingerprint density at radius 2 is 1.88 bits per heavy atom. The van der Waals surface area contributed by atoms with E-state index in [0.29, 0.717) is 5.71 Å². The zero-order valence-corrected chi connectivity index (χ0v) is 10.5. The van der Waals surface area contributed by atoms with Gasteiger partial charge in [0.1, 0.15) is 0 Å². The highest BCUT2D eigenvalue weighted by Crippen LogP contribution is 1.92. The Kier molecular flexibility index (Phi) is 8.05. The maximum atomic E-state index is 9.25. The molecule has 0 spiro atoms. The minimum Gasteiger partial charge on any atom is -0.394 e. The summed E-state index contributed by atoms with van der Waals surface area (Å²) in [7, 11) is 0. The molecule has 10 heteroatoms. The largest absolute Gasteiger partial charge is 0.394 e. The van der Waals surface area contributed by atoms with Gasteiger partial charge in [0.25, 0.3) is 0 Å². The lowest BCUT2D eigenvalue weighted by Crippen LogP contribution is -2.28. The van der Waals surface area contributed by atoms with Gasteiger partial charge >= 0.3 is 0 Å². The molecule has 0 aromatic heterocycles. The maximum Gasteiger partial charge on any atom is 0.184 e. The molecule has 0 fully saturated rings. The van der Waals surface area contributed by atoms with Crippen molar-refractivity contribution in [1.29, 1.82) is 0 Å². The molecular formula is C7H14N6O2S2. The van der Waals surface area contributed by atoms with Crippen LogP contribution in [-0.4, -0.2) is 45.1 Å². The second kappa shape index (κ2) is 8.75. The molecule has 1 atom stereocenters. The van der Waals surface area contributed by atoms with Gasteiger partial charge in [-0.1, -0.05) is 0 Å². The van der Waals surface area contributed by atoms with E-state index in [1.165, 1.54) is 6.21 Å². The number of nitrogens with two attached hydrogens (primary N) is 2. The summed E-state index contributed by atoms with van der Waals surface area (Å²) in [4.78, 5) is 0. The van der Waals surface area contributed by atoms with Crippen LogP contribution in [0.4, 0.5) is 0 Å². The van der Waals surface area contributed by atoms with Gasteiger partial charge in [-0.25, -0.2) is 0 Å². The van der Waals surface area contributed by atoms with Gasteiger partial charge in [0.05, 0.1) is 24.6 Å². The van der Waals surface area contributed by atoms with Crippen LogP contribution in [0.1, 0.15) is 6.42 Å². The number of hydrogen-bond acceptors (Lipinski definition) is 6. The van der Waals surface area contributed by atoms with Gasteiger partial charge in [0.2, 0.25) is 0 Å². The number of hydrazone groups is 2. The van der Waals surface area contributed by atoms with Crippen molar-refractivity contribution in [2.45, 2.75) is 12.5 Å². The summed E-state index contributed by atoms with van der Waals surface area (Å²) in [5.74, 6) is 0. The highest BCUT2D eigenvalue weighted by molar-refractivity contribution is 7.80. The molecule has 0 aliphatic carbocycles. The van der Waals surface area contributed by atoms with Crippen molar-refractivity contribution < 1.29 is 10.2 Å². The average molecular weight is 278 g/mol. The van der Waals surface area contributed by atoms with Crippen LogP contribution in [0.25, 0.3) is 0 Å². The van der Waals surface area contributed by atoms with Gasteiger partial charge in [-0.2, -0.15) is 10.2 Å². The summed E-state index contributed by atoms with van der Waals surface area (Å²) in [5.41, 5.74) is 15.3. The lowest BCUT2D eigenvalue weighted by atomic mass is 10.2. The zero-order valence-electron chi connectivity index (χ0n) is 8.83. The summed E-state index contributed by atoms with van der Waals surface area (Å²) in [5, 5.41) is 25.3. The van der Waals surface area contributed by atoms with Gasteiger partial charge in [-0.05, 0) is 24.4 Å². The molecule has 0 amide bonds. The van der Waals surface area contributed by atoms with Gasteiger partial charge < -0.3 is 21.7 Å². The first-order valence-corrected chi connectivity index (χ1v) is 5.26. The van der Waals surface area contributed by atoms with Crippen molar-refractivity contribution in [1.82, 2.24) is 10.9 Å². The standard InChI is InChI=1S/C7H14N6O2S2/c8-6(16)12-10-2-4(1-5(15)3-14)11-13-7(9)17/h2,5,14-15H,1,3H2,(H3,8,12,16)(H3,9,13,17)/b10-2+,11-4+/t5-/m0/s1. The third kappa shape index (κ3) is 9.56. The van der Waals surface area contributed by atoms with Crippen LogP contribution in [0.5, 0.6) is 0 Å². The molecule has 17 heavy (non-hydrogen) atoms. The minimum atomic E-state index is -0.960. The second-order valence-electron chi connectivity index (χ2n) is 2.85. The summed E-state index contributed by atoms with van der Waals surface area (Å²) < 4.78 is 0. The minimum absolute atomic E-state index is 0.00869. The highest BCUT2D eigenvalue weighted by Gasteiger charge is 2.06. The summed E-state index contributed by atoms with van der Waals surface area (Å²) >= 11 is 9.09. The Bertz CT molecular complexity index is 332. The normalized spacial score (nSPS) is 13.4. The Balaban J connectivity index is 4.49. The lowest BCUT2D eigenvalue weighted by Gasteiger charge is -2.06. The third-order valence-electron chi connectivity index (χ3n) is 1.35. The van der Waals surface area contributed by atoms with Gasteiger partial charge in [0, 0.05) is 6.42 Å².